The quantitative estimate of drug-likeness (QED) is 0.783. The smallest absolute Gasteiger partial charge is 0.243 e. The molecule has 1 N–H and O–H groups in total. The maximum absolute atomic E-state index is 13.2. The van der Waals surface area contributed by atoms with Crippen molar-refractivity contribution in [3.63, 3.8) is 0 Å². The molecule has 0 fully saturated rings. The Morgan fingerprint density at radius 1 is 1.04 bits per heavy atom. The fourth-order valence-corrected chi connectivity index (χ4v) is 4.40. The number of ether oxygens (including phenoxy) is 1. The number of nitrogens with zero attached hydrogens (tertiary/aromatic N) is 1. The molecule has 0 aliphatic rings. The van der Waals surface area contributed by atoms with Crippen LogP contribution in [0.5, 0.6) is 5.75 Å². The normalized spacial score (nSPS) is 13.2. The lowest BCUT2D eigenvalue weighted by Gasteiger charge is -2.32. The Morgan fingerprint density at radius 3 is 2.12 bits per heavy atom. The van der Waals surface area contributed by atoms with Crippen LogP contribution in [0.4, 0.5) is 0 Å². The van der Waals surface area contributed by atoms with Gasteiger partial charge in [0.05, 0.1) is 24.7 Å². The van der Waals surface area contributed by atoms with Crippen molar-refractivity contribution >= 4 is 10.0 Å². The molecular formula is C19H25NO4S. The summed E-state index contributed by atoms with van der Waals surface area (Å²) in [5.74, 6) is 0.567. The Morgan fingerprint density at radius 2 is 1.64 bits per heavy atom. The van der Waals surface area contributed by atoms with Crippen molar-refractivity contribution in [1.29, 1.82) is 0 Å². The topological polar surface area (TPSA) is 66.8 Å². The van der Waals surface area contributed by atoms with Crippen molar-refractivity contribution in [3.8, 4) is 5.75 Å². The first-order chi connectivity index (χ1) is 11.9. The van der Waals surface area contributed by atoms with E-state index in [2.05, 4.69) is 0 Å². The molecule has 0 amide bonds. The van der Waals surface area contributed by atoms with Crippen LogP contribution in [0.1, 0.15) is 19.4 Å². The van der Waals surface area contributed by atoms with Gasteiger partial charge in [0.2, 0.25) is 10.0 Å². The number of hydrogen-bond acceptors (Lipinski definition) is 4. The van der Waals surface area contributed by atoms with Gasteiger partial charge in [-0.15, -0.1) is 0 Å². The lowest BCUT2D eigenvalue weighted by Crippen LogP contribution is -2.44. The standard InChI is InChI=1S/C19H25NO4S/c1-15(2)19(14-21)20(13-16-7-5-4-6-8-16)25(22,23)18-11-9-17(24-3)10-12-18/h4-12,15,19,21H,13-14H2,1-3H3/t19-/m0/s1. The van der Waals surface area contributed by atoms with Crippen LogP contribution >= 0.6 is 0 Å². The highest BCUT2D eigenvalue weighted by atomic mass is 32.2. The van der Waals surface area contributed by atoms with Crippen LogP contribution in [0.2, 0.25) is 0 Å². The first-order valence-corrected chi connectivity index (χ1v) is 9.65. The maximum atomic E-state index is 13.2. The second-order valence-corrected chi connectivity index (χ2v) is 8.10. The summed E-state index contributed by atoms with van der Waals surface area (Å²) in [6.45, 7) is 3.78. The third-order valence-electron chi connectivity index (χ3n) is 4.17. The molecule has 2 rings (SSSR count). The van der Waals surface area contributed by atoms with Crippen molar-refractivity contribution in [1.82, 2.24) is 4.31 Å². The molecule has 0 unspecified atom stereocenters. The molecule has 0 aliphatic carbocycles. The zero-order valence-electron chi connectivity index (χ0n) is 14.8. The van der Waals surface area contributed by atoms with Crippen LogP contribution in [0.25, 0.3) is 0 Å². The number of rotatable bonds is 8. The molecule has 0 saturated carbocycles. The van der Waals surface area contributed by atoms with Gasteiger partial charge in [-0.3, -0.25) is 0 Å². The molecule has 2 aromatic carbocycles. The van der Waals surface area contributed by atoms with Crippen molar-refractivity contribution in [2.24, 2.45) is 5.92 Å². The van der Waals surface area contributed by atoms with E-state index < -0.39 is 16.1 Å². The highest BCUT2D eigenvalue weighted by Crippen LogP contribution is 2.25. The van der Waals surface area contributed by atoms with E-state index in [0.717, 1.165) is 5.56 Å². The SMILES string of the molecule is COc1ccc(S(=O)(=O)N(Cc2ccccc2)[C@@H](CO)C(C)C)cc1. The number of hydrogen-bond donors (Lipinski definition) is 1. The minimum Gasteiger partial charge on any atom is -0.497 e. The molecule has 0 aromatic heterocycles. The minimum atomic E-state index is -3.76. The Bertz CT molecular complexity index is 758. The summed E-state index contributed by atoms with van der Waals surface area (Å²) < 4.78 is 32.9. The van der Waals surface area contributed by atoms with Crippen molar-refractivity contribution in [3.05, 3.63) is 60.2 Å². The number of aliphatic hydroxyl groups is 1. The second kappa shape index (κ2) is 8.47. The van der Waals surface area contributed by atoms with E-state index in [0.29, 0.717) is 5.75 Å². The Balaban J connectivity index is 2.44. The minimum absolute atomic E-state index is 0.0262. The summed E-state index contributed by atoms with van der Waals surface area (Å²) in [6.07, 6.45) is 0. The zero-order chi connectivity index (χ0) is 18.4. The van der Waals surface area contributed by atoms with Gasteiger partial charge in [0.25, 0.3) is 0 Å². The average molecular weight is 363 g/mol. The van der Waals surface area contributed by atoms with Crippen molar-refractivity contribution in [2.75, 3.05) is 13.7 Å². The van der Waals surface area contributed by atoms with Gasteiger partial charge in [-0.2, -0.15) is 4.31 Å². The summed E-state index contributed by atoms with van der Waals surface area (Å²) in [7, 11) is -2.23. The van der Waals surface area contributed by atoms with E-state index in [-0.39, 0.29) is 24.0 Å². The lowest BCUT2D eigenvalue weighted by molar-refractivity contribution is 0.148. The molecule has 0 bridgehead atoms. The van der Waals surface area contributed by atoms with E-state index in [1.165, 1.54) is 23.5 Å². The van der Waals surface area contributed by atoms with Gasteiger partial charge in [0.1, 0.15) is 5.75 Å². The van der Waals surface area contributed by atoms with Gasteiger partial charge in [-0.05, 0) is 35.7 Å². The Hall–Kier alpha value is -1.89. The van der Waals surface area contributed by atoms with E-state index in [4.69, 9.17) is 4.74 Å². The van der Waals surface area contributed by atoms with E-state index in [1.54, 1.807) is 12.1 Å². The largest absolute Gasteiger partial charge is 0.497 e. The molecule has 0 radical (unpaired) electrons. The number of sulfonamides is 1. The Labute approximate surface area is 149 Å². The van der Waals surface area contributed by atoms with Gasteiger partial charge in [-0.1, -0.05) is 44.2 Å². The fourth-order valence-electron chi connectivity index (χ4n) is 2.66. The van der Waals surface area contributed by atoms with Gasteiger partial charge in [0, 0.05) is 6.54 Å². The Kier molecular flexibility index (Phi) is 6.58. The number of benzene rings is 2. The van der Waals surface area contributed by atoms with Crippen LogP contribution in [0, 0.1) is 5.92 Å². The molecule has 0 saturated heterocycles. The first-order valence-electron chi connectivity index (χ1n) is 8.20. The zero-order valence-corrected chi connectivity index (χ0v) is 15.6. The second-order valence-electron chi connectivity index (χ2n) is 6.21. The summed E-state index contributed by atoms with van der Waals surface area (Å²) in [6, 6.07) is 15.2. The van der Waals surface area contributed by atoms with Crippen LogP contribution < -0.4 is 4.74 Å². The van der Waals surface area contributed by atoms with Gasteiger partial charge >= 0.3 is 0 Å². The van der Waals surface area contributed by atoms with Gasteiger partial charge in [-0.25, -0.2) is 8.42 Å². The molecule has 136 valence electrons. The molecule has 6 heteroatoms. The predicted molar refractivity (Wildman–Crippen MR) is 97.9 cm³/mol. The third kappa shape index (κ3) is 4.60. The number of methoxy groups -OCH3 is 1. The fraction of sp³-hybridized carbons (Fsp3) is 0.368. The molecule has 0 heterocycles. The third-order valence-corrected chi connectivity index (χ3v) is 6.06. The van der Waals surface area contributed by atoms with E-state index >= 15 is 0 Å². The van der Waals surface area contributed by atoms with Crippen LogP contribution in [0.3, 0.4) is 0 Å². The molecule has 5 nitrogen and oxygen atoms in total. The van der Waals surface area contributed by atoms with Crippen molar-refractivity contribution < 1.29 is 18.3 Å². The first kappa shape index (κ1) is 19.4. The molecule has 1 atom stereocenters. The van der Waals surface area contributed by atoms with Crippen LogP contribution in [-0.4, -0.2) is 37.6 Å². The average Bonchev–Trinajstić information content (AvgIpc) is 2.62. The predicted octanol–water partition coefficient (Wildman–Crippen LogP) is 2.90. The van der Waals surface area contributed by atoms with Crippen molar-refractivity contribution in [2.45, 2.75) is 31.3 Å². The van der Waals surface area contributed by atoms with Crippen LogP contribution in [0.15, 0.2) is 59.5 Å². The number of aliphatic hydroxyl groups excluding tert-OH is 1. The van der Waals surface area contributed by atoms with E-state index in [9.17, 15) is 13.5 Å². The monoisotopic (exact) mass is 363 g/mol. The maximum Gasteiger partial charge on any atom is 0.243 e. The highest BCUT2D eigenvalue weighted by molar-refractivity contribution is 7.89. The molecule has 0 spiro atoms. The van der Waals surface area contributed by atoms with Crippen LogP contribution in [-0.2, 0) is 16.6 Å². The lowest BCUT2D eigenvalue weighted by atomic mass is 10.1. The molecular weight excluding hydrogens is 338 g/mol. The van der Waals surface area contributed by atoms with Gasteiger partial charge in [0.15, 0.2) is 0 Å². The molecule has 25 heavy (non-hydrogen) atoms. The molecule has 2 aromatic rings. The summed E-state index contributed by atoms with van der Waals surface area (Å²) in [5, 5.41) is 9.81. The highest BCUT2D eigenvalue weighted by Gasteiger charge is 2.33. The van der Waals surface area contributed by atoms with Gasteiger partial charge < -0.3 is 9.84 Å². The van der Waals surface area contributed by atoms with E-state index in [1.807, 2.05) is 44.2 Å². The molecule has 0 aliphatic heterocycles. The summed E-state index contributed by atoms with van der Waals surface area (Å²) >= 11 is 0. The summed E-state index contributed by atoms with van der Waals surface area (Å²) in [4.78, 5) is 0.184. The summed E-state index contributed by atoms with van der Waals surface area (Å²) in [5.41, 5.74) is 0.874.